The molecule has 1 fully saturated rings. The Labute approximate surface area is 133 Å². The molecule has 0 spiro atoms. The number of ether oxygens (including phenoxy) is 1. The molecule has 1 aromatic rings. The third-order valence-corrected chi connectivity index (χ3v) is 3.04. The third kappa shape index (κ3) is 4.77. The average Bonchev–Trinajstić information content (AvgIpc) is 2.34. The fourth-order valence-electron chi connectivity index (χ4n) is 2.03. The number of hydrogen-bond acceptors (Lipinski definition) is 2. The number of hydrogen-bond donors (Lipinski definition) is 2. The Hall–Kier alpha value is -1.12. The van der Waals surface area contributed by atoms with Crippen molar-refractivity contribution in [2.24, 2.45) is 16.6 Å². The predicted molar refractivity (Wildman–Crippen MR) is 86.2 cm³/mol. The first kappa shape index (κ1) is 16.9. The fourth-order valence-corrected chi connectivity index (χ4v) is 2.03. The molecule has 4 nitrogen and oxygen atoms in total. The zero-order valence-corrected chi connectivity index (χ0v) is 13.4. The van der Waals surface area contributed by atoms with E-state index < -0.39 is 5.92 Å². The van der Waals surface area contributed by atoms with Crippen molar-refractivity contribution in [2.45, 2.75) is 18.8 Å². The van der Waals surface area contributed by atoms with E-state index in [9.17, 15) is 8.78 Å². The van der Waals surface area contributed by atoms with Gasteiger partial charge in [0.05, 0.1) is 7.11 Å². The van der Waals surface area contributed by atoms with Crippen LogP contribution in [0.1, 0.15) is 12.8 Å². The van der Waals surface area contributed by atoms with E-state index in [2.05, 4.69) is 10.3 Å². The number of guanidine groups is 1. The van der Waals surface area contributed by atoms with Crippen molar-refractivity contribution in [1.82, 2.24) is 0 Å². The zero-order valence-electron chi connectivity index (χ0n) is 11.1. The molecular formula is C13H18F2IN3O. The second-order valence-electron chi connectivity index (χ2n) is 4.71. The van der Waals surface area contributed by atoms with Gasteiger partial charge in [-0.1, -0.05) is 6.07 Å². The monoisotopic (exact) mass is 397 g/mol. The topological polar surface area (TPSA) is 59.6 Å². The molecule has 2 rings (SSSR count). The molecule has 1 aromatic carbocycles. The lowest BCUT2D eigenvalue weighted by atomic mass is 9.81. The van der Waals surface area contributed by atoms with Crippen LogP contribution >= 0.6 is 24.0 Å². The highest BCUT2D eigenvalue weighted by Crippen LogP contribution is 2.42. The molecule has 1 aliphatic rings. The number of rotatable bonds is 4. The first-order valence-electron chi connectivity index (χ1n) is 6.07. The minimum absolute atomic E-state index is 0. The highest BCUT2D eigenvalue weighted by molar-refractivity contribution is 14.0. The second kappa shape index (κ2) is 7.05. The van der Waals surface area contributed by atoms with Gasteiger partial charge in [0.1, 0.15) is 5.75 Å². The van der Waals surface area contributed by atoms with E-state index in [0.717, 1.165) is 5.69 Å². The van der Waals surface area contributed by atoms with Crippen LogP contribution in [-0.4, -0.2) is 25.5 Å². The molecule has 7 heteroatoms. The number of methoxy groups -OCH3 is 1. The highest BCUT2D eigenvalue weighted by Gasteiger charge is 2.44. The molecule has 1 saturated carbocycles. The summed E-state index contributed by atoms with van der Waals surface area (Å²) in [6, 6.07) is 7.23. The summed E-state index contributed by atoms with van der Waals surface area (Å²) in [6.45, 7) is 0.332. The summed E-state index contributed by atoms with van der Waals surface area (Å²) in [4.78, 5) is 4.07. The summed E-state index contributed by atoms with van der Waals surface area (Å²) < 4.78 is 30.3. The first-order valence-corrected chi connectivity index (χ1v) is 6.07. The number of halogens is 3. The number of alkyl halides is 2. The SMILES string of the molecule is COc1cccc(NC(N)=NCC2CC(F)(F)C2)c1.I. The maximum atomic E-state index is 12.6. The van der Waals surface area contributed by atoms with Gasteiger partial charge < -0.3 is 15.8 Å². The lowest BCUT2D eigenvalue weighted by molar-refractivity contribution is -0.107. The van der Waals surface area contributed by atoms with E-state index >= 15 is 0 Å². The maximum absolute atomic E-state index is 12.6. The van der Waals surface area contributed by atoms with E-state index in [1.54, 1.807) is 13.2 Å². The standard InChI is InChI=1S/C13H17F2N3O.HI/c1-19-11-4-2-3-10(5-11)18-12(16)17-8-9-6-13(14,15)7-9;/h2-5,9H,6-8H2,1H3,(H3,16,17,18);1H. The van der Waals surface area contributed by atoms with Crippen molar-refractivity contribution < 1.29 is 13.5 Å². The maximum Gasteiger partial charge on any atom is 0.248 e. The van der Waals surface area contributed by atoms with Crippen LogP contribution in [-0.2, 0) is 0 Å². The Kier molecular flexibility index (Phi) is 5.97. The number of anilines is 1. The molecule has 112 valence electrons. The van der Waals surface area contributed by atoms with Gasteiger partial charge in [-0.2, -0.15) is 0 Å². The van der Waals surface area contributed by atoms with Crippen LogP contribution in [0.5, 0.6) is 5.75 Å². The number of nitrogens with zero attached hydrogens (tertiary/aromatic N) is 1. The number of nitrogens with two attached hydrogens (primary N) is 1. The summed E-state index contributed by atoms with van der Waals surface area (Å²) in [7, 11) is 1.58. The van der Waals surface area contributed by atoms with E-state index in [0.29, 0.717) is 12.3 Å². The molecule has 0 heterocycles. The van der Waals surface area contributed by atoms with Gasteiger partial charge in [-0.15, -0.1) is 24.0 Å². The molecule has 1 aliphatic carbocycles. The molecule has 0 saturated heterocycles. The van der Waals surface area contributed by atoms with Crippen LogP contribution in [0, 0.1) is 5.92 Å². The van der Waals surface area contributed by atoms with E-state index in [1.165, 1.54) is 0 Å². The molecule has 0 radical (unpaired) electrons. The van der Waals surface area contributed by atoms with Gasteiger partial charge in [-0.05, 0) is 18.1 Å². The molecule has 0 bridgehead atoms. The van der Waals surface area contributed by atoms with E-state index in [4.69, 9.17) is 10.5 Å². The van der Waals surface area contributed by atoms with Gasteiger partial charge in [0.2, 0.25) is 5.92 Å². The highest BCUT2D eigenvalue weighted by atomic mass is 127. The first-order chi connectivity index (χ1) is 8.98. The van der Waals surface area contributed by atoms with Crippen molar-refractivity contribution >= 4 is 35.6 Å². The van der Waals surface area contributed by atoms with Gasteiger partial charge in [0, 0.05) is 31.1 Å². The quantitative estimate of drug-likeness (QED) is 0.467. The van der Waals surface area contributed by atoms with Crippen LogP contribution in [0.15, 0.2) is 29.3 Å². The van der Waals surface area contributed by atoms with Crippen molar-refractivity contribution in [3.63, 3.8) is 0 Å². The number of benzene rings is 1. The number of aliphatic imine (C=N–C) groups is 1. The van der Waals surface area contributed by atoms with Crippen LogP contribution in [0.4, 0.5) is 14.5 Å². The van der Waals surface area contributed by atoms with Gasteiger partial charge in [-0.25, -0.2) is 8.78 Å². The van der Waals surface area contributed by atoms with Crippen LogP contribution in [0.3, 0.4) is 0 Å². The zero-order chi connectivity index (χ0) is 13.9. The van der Waals surface area contributed by atoms with Crippen LogP contribution in [0.25, 0.3) is 0 Å². The minimum Gasteiger partial charge on any atom is -0.497 e. The normalized spacial score (nSPS) is 17.9. The summed E-state index contributed by atoms with van der Waals surface area (Å²) >= 11 is 0. The Morgan fingerprint density at radius 3 is 2.80 bits per heavy atom. The molecule has 20 heavy (non-hydrogen) atoms. The molecule has 0 atom stereocenters. The lowest BCUT2D eigenvalue weighted by Crippen LogP contribution is -2.37. The van der Waals surface area contributed by atoms with E-state index in [-0.39, 0.29) is 48.7 Å². The Morgan fingerprint density at radius 2 is 2.20 bits per heavy atom. The summed E-state index contributed by atoms with van der Waals surface area (Å²) in [5.74, 6) is -1.64. The molecule has 0 aliphatic heterocycles. The van der Waals surface area contributed by atoms with Gasteiger partial charge in [0.25, 0.3) is 0 Å². The van der Waals surface area contributed by atoms with Gasteiger partial charge >= 0.3 is 0 Å². The van der Waals surface area contributed by atoms with Crippen LogP contribution < -0.4 is 15.8 Å². The fraction of sp³-hybridized carbons (Fsp3) is 0.462. The van der Waals surface area contributed by atoms with Gasteiger partial charge in [-0.3, -0.25) is 4.99 Å². The molecule has 0 unspecified atom stereocenters. The van der Waals surface area contributed by atoms with Gasteiger partial charge in [0.15, 0.2) is 5.96 Å². The second-order valence-corrected chi connectivity index (χ2v) is 4.71. The van der Waals surface area contributed by atoms with Crippen LogP contribution in [0.2, 0.25) is 0 Å². The Balaban J connectivity index is 0.00000200. The van der Waals surface area contributed by atoms with Crippen molar-refractivity contribution in [3.05, 3.63) is 24.3 Å². The smallest absolute Gasteiger partial charge is 0.248 e. The lowest BCUT2D eigenvalue weighted by Gasteiger charge is -2.33. The van der Waals surface area contributed by atoms with Crippen molar-refractivity contribution in [3.8, 4) is 5.75 Å². The Bertz CT molecular complexity index is 474. The minimum atomic E-state index is -2.50. The summed E-state index contributed by atoms with van der Waals surface area (Å²) in [5.41, 5.74) is 6.45. The molecule has 0 amide bonds. The molecule has 0 aromatic heterocycles. The molecular weight excluding hydrogens is 379 g/mol. The Morgan fingerprint density at radius 1 is 1.50 bits per heavy atom. The molecule has 3 N–H and O–H groups in total. The average molecular weight is 397 g/mol. The third-order valence-electron chi connectivity index (χ3n) is 3.04. The largest absolute Gasteiger partial charge is 0.497 e. The summed E-state index contributed by atoms with van der Waals surface area (Å²) in [5, 5.41) is 2.90. The van der Waals surface area contributed by atoms with Crippen molar-refractivity contribution in [2.75, 3.05) is 19.0 Å². The summed E-state index contributed by atoms with van der Waals surface area (Å²) in [6.07, 6.45) is -0.189. The number of nitrogens with one attached hydrogen (secondary N) is 1. The van der Waals surface area contributed by atoms with Crippen molar-refractivity contribution in [1.29, 1.82) is 0 Å². The predicted octanol–water partition coefficient (Wildman–Crippen LogP) is 3.09. The van der Waals surface area contributed by atoms with E-state index in [1.807, 2.05) is 18.2 Å².